The third kappa shape index (κ3) is 6.94. The second-order valence-corrected chi connectivity index (χ2v) is 9.35. The van der Waals surface area contributed by atoms with Crippen molar-refractivity contribution in [1.29, 1.82) is 0 Å². The quantitative estimate of drug-likeness (QED) is 0.248. The Kier molecular flexibility index (Phi) is 8.63. The van der Waals surface area contributed by atoms with Crippen LogP contribution >= 0.6 is 0 Å². The van der Waals surface area contributed by atoms with Crippen molar-refractivity contribution in [2.24, 2.45) is 5.10 Å². The van der Waals surface area contributed by atoms with Crippen molar-refractivity contribution in [3.05, 3.63) is 96.6 Å². The maximum absolute atomic E-state index is 13.4. The van der Waals surface area contributed by atoms with Gasteiger partial charge >= 0.3 is 0 Å². The lowest BCUT2D eigenvalue weighted by molar-refractivity contribution is -0.119. The standard InChI is InChI=1S/C26H27N3O5S/c1-4-16-34-24-7-5-6-21(17-24)18-27-28-26(30)19-29(22-10-12-23(33-3)13-11-22)35(31,32)25-14-8-20(2)9-15-25/h4-15,17-18H,1,16,19H2,2-3H3,(H,28,30)/b27-18-. The van der Waals surface area contributed by atoms with Crippen molar-refractivity contribution >= 4 is 27.8 Å². The Labute approximate surface area is 205 Å². The van der Waals surface area contributed by atoms with Crippen molar-refractivity contribution in [3.63, 3.8) is 0 Å². The number of carbonyl (C=O) groups excluding carboxylic acids is 1. The molecule has 0 aliphatic carbocycles. The Bertz CT molecular complexity index is 1290. The van der Waals surface area contributed by atoms with Crippen LogP contribution in [0.3, 0.4) is 0 Å². The summed E-state index contributed by atoms with van der Waals surface area (Å²) in [6.45, 7) is 5.37. The number of hydrogen-bond acceptors (Lipinski definition) is 6. The highest BCUT2D eigenvalue weighted by atomic mass is 32.2. The van der Waals surface area contributed by atoms with E-state index in [1.807, 2.05) is 6.92 Å². The second kappa shape index (κ2) is 11.8. The Balaban J connectivity index is 1.79. The number of aryl methyl sites for hydroxylation is 1. The number of nitrogens with zero attached hydrogens (tertiary/aromatic N) is 2. The first kappa shape index (κ1) is 25.5. The van der Waals surface area contributed by atoms with E-state index in [2.05, 4.69) is 17.1 Å². The van der Waals surface area contributed by atoms with Gasteiger partial charge < -0.3 is 9.47 Å². The molecule has 0 spiro atoms. The summed E-state index contributed by atoms with van der Waals surface area (Å²) in [5.41, 5.74) is 4.33. The molecule has 0 saturated carbocycles. The zero-order valence-electron chi connectivity index (χ0n) is 19.5. The van der Waals surface area contributed by atoms with Gasteiger partial charge in [-0.1, -0.05) is 42.5 Å². The van der Waals surface area contributed by atoms with Gasteiger partial charge in [0.15, 0.2) is 0 Å². The number of nitrogens with one attached hydrogen (secondary N) is 1. The highest BCUT2D eigenvalue weighted by Crippen LogP contribution is 2.26. The fourth-order valence-electron chi connectivity index (χ4n) is 3.09. The van der Waals surface area contributed by atoms with Crippen LogP contribution in [0.1, 0.15) is 11.1 Å². The molecule has 8 nitrogen and oxygen atoms in total. The lowest BCUT2D eigenvalue weighted by Crippen LogP contribution is -2.39. The minimum atomic E-state index is -4.02. The molecule has 0 saturated heterocycles. The number of hydrazone groups is 1. The summed E-state index contributed by atoms with van der Waals surface area (Å²) in [5, 5.41) is 3.96. The van der Waals surface area contributed by atoms with E-state index in [9.17, 15) is 13.2 Å². The number of amides is 1. The molecule has 1 N–H and O–H groups in total. The van der Waals surface area contributed by atoms with Crippen LogP contribution in [0.25, 0.3) is 0 Å². The average Bonchev–Trinajstić information content (AvgIpc) is 2.86. The van der Waals surface area contributed by atoms with Crippen LogP contribution in [0.4, 0.5) is 5.69 Å². The molecule has 3 aromatic rings. The molecule has 0 aliphatic heterocycles. The van der Waals surface area contributed by atoms with Gasteiger partial charge in [-0.25, -0.2) is 13.8 Å². The van der Waals surface area contributed by atoms with Crippen molar-refractivity contribution in [2.45, 2.75) is 11.8 Å². The maximum atomic E-state index is 13.4. The van der Waals surface area contributed by atoms with E-state index in [-0.39, 0.29) is 4.90 Å². The highest BCUT2D eigenvalue weighted by Gasteiger charge is 2.27. The summed E-state index contributed by atoms with van der Waals surface area (Å²) in [6, 6.07) is 20.0. The molecule has 0 radical (unpaired) electrons. The van der Waals surface area contributed by atoms with E-state index in [0.29, 0.717) is 29.4 Å². The van der Waals surface area contributed by atoms with E-state index >= 15 is 0 Å². The van der Waals surface area contributed by atoms with Crippen LogP contribution < -0.4 is 19.2 Å². The SMILES string of the molecule is C=CCOc1cccc(/C=N\NC(=O)CN(c2ccc(OC)cc2)S(=O)(=O)c2ccc(C)cc2)c1. The molecule has 1 amide bonds. The Morgan fingerprint density at radius 3 is 2.43 bits per heavy atom. The van der Waals surface area contributed by atoms with Gasteiger partial charge in [0.05, 0.1) is 23.9 Å². The first-order valence-electron chi connectivity index (χ1n) is 10.7. The second-order valence-electron chi connectivity index (χ2n) is 7.49. The number of hydrogen-bond donors (Lipinski definition) is 1. The van der Waals surface area contributed by atoms with E-state index in [4.69, 9.17) is 9.47 Å². The zero-order chi connectivity index (χ0) is 25.3. The van der Waals surface area contributed by atoms with Crippen molar-refractivity contribution in [3.8, 4) is 11.5 Å². The van der Waals surface area contributed by atoms with Crippen LogP contribution in [0.15, 0.2) is 95.4 Å². The van der Waals surface area contributed by atoms with E-state index in [1.54, 1.807) is 66.7 Å². The summed E-state index contributed by atoms with van der Waals surface area (Å²) < 4.78 is 38.5. The van der Waals surface area contributed by atoms with Crippen molar-refractivity contribution < 1.29 is 22.7 Å². The van der Waals surface area contributed by atoms with E-state index in [1.165, 1.54) is 25.5 Å². The minimum absolute atomic E-state index is 0.0755. The first-order chi connectivity index (χ1) is 16.8. The van der Waals surface area contributed by atoms with Crippen LogP contribution in [0.2, 0.25) is 0 Å². The Morgan fingerprint density at radius 1 is 1.06 bits per heavy atom. The number of rotatable bonds is 11. The summed E-state index contributed by atoms with van der Waals surface area (Å²) in [4.78, 5) is 12.8. The van der Waals surface area contributed by atoms with Gasteiger partial charge in [-0.2, -0.15) is 5.10 Å². The van der Waals surface area contributed by atoms with Crippen LogP contribution in [-0.2, 0) is 14.8 Å². The van der Waals surface area contributed by atoms with Crippen LogP contribution in [0.5, 0.6) is 11.5 Å². The molecule has 0 aromatic heterocycles. The predicted molar refractivity (Wildman–Crippen MR) is 137 cm³/mol. The van der Waals surface area contributed by atoms with E-state index in [0.717, 1.165) is 9.87 Å². The fourth-order valence-corrected chi connectivity index (χ4v) is 4.51. The number of benzene rings is 3. The monoisotopic (exact) mass is 493 g/mol. The van der Waals surface area contributed by atoms with Gasteiger partial charge in [-0.05, 0) is 61.0 Å². The largest absolute Gasteiger partial charge is 0.497 e. The van der Waals surface area contributed by atoms with Gasteiger partial charge in [0, 0.05) is 0 Å². The topological polar surface area (TPSA) is 97.3 Å². The molecule has 0 heterocycles. The molecule has 3 rings (SSSR count). The molecule has 0 bridgehead atoms. The molecule has 0 fully saturated rings. The van der Waals surface area contributed by atoms with Gasteiger partial charge in [0.1, 0.15) is 24.7 Å². The molecule has 3 aromatic carbocycles. The molecule has 0 atom stereocenters. The first-order valence-corrected chi connectivity index (χ1v) is 12.2. The van der Waals surface area contributed by atoms with Gasteiger partial charge in [0.25, 0.3) is 15.9 Å². The summed E-state index contributed by atoms with van der Waals surface area (Å²) in [5.74, 6) is 0.594. The Morgan fingerprint density at radius 2 is 1.77 bits per heavy atom. The van der Waals surface area contributed by atoms with Crippen LogP contribution in [0, 0.1) is 6.92 Å². The molecule has 0 aliphatic rings. The van der Waals surface area contributed by atoms with Gasteiger partial charge in [-0.3, -0.25) is 9.10 Å². The zero-order valence-corrected chi connectivity index (χ0v) is 20.4. The van der Waals surface area contributed by atoms with Gasteiger partial charge in [0.2, 0.25) is 0 Å². The number of sulfonamides is 1. The lowest BCUT2D eigenvalue weighted by Gasteiger charge is -2.24. The Hall–Kier alpha value is -4.11. The fraction of sp³-hybridized carbons (Fsp3) is 0.154. The maximum Gasteiger partial charge on any atom is 0.264 e. The number of anilines is 1. The number of ether oxygens (including phenoxy) is 2. The molecule has 9 heteroatoms. The van der Waals surface area contributed by atoms with Crippen molar-refractivity contribution in [2.75, 3.05) is 24.6 Å². The molecule has 35 heavy (non-hydrogen) atoms. The summed E-state index contributed by atoms with van der Waals surface area (Å²) in [7, 11) is -2.51. The van der Waals surface area contributed by atoms with E-state index < -0.39 is 22.5 Å². The normalized spacial score (nSPS) is 11.1. The highest BCUT2D eigenvalue weighted by molar-refractivity contribution is 7.92. The molecular formula is C26H27N3O5S. The summed E-state index contributed by atoms with van der Waals surface area (Å²) in [6.07, 6.45) is 3.09. The smallest absolute Gasteiger partial charge is 0.264 e. The molecule has 0 unspecified atom stereocenters. The summed E-state index contributed by atoms with van der Waals surface area (Å²) >= 11 is 0. The molecule has 182 valence electrons. The predicted octanol–water partition coefficient (Wildman–Crippen LogP) is 3.91. The van der Waals surface area contributed by atoms with Crippen molar-refractivity contribution in [1.82, 2.24) is 5.43 Å². The van der Waals surface area contributed by atoms with Gasteiger partial charge in [-0.15, -0.1) is 0 Å². The number of methoxy groups -OCH3 is 1. The third-order valence-corrected chi connectivity index (χ3v) is 6.67. The lowest BCUT2D eigenvalue weighted by atomic mass is 10.2. The van der Waals surface area contributed by atoms with Crippen LogP contribution in [-0.4, -0.2) is 40.8 Å². The average molecular weight is 494 g/mol. The third-order valence-electron chi connectivity index (χ3n) is 4.89. The molecular weight excluding hydrogens is 466 g/mol. The minimum Gasteiger partial charge on any atom is -0.497 e. The number of carbonyl (C=O) groups is 1.